The highest BCUT2D eigenvalue weighted by Gasteiger charge is 2.17. The molecular formula is C16H13N3O4. The zero-order valence-corrected chi connectivity index (χ0v) is 12.5. The summed E-state index contributed by atoms with van der Waals surface area (Å²) in [4.78, 5) is 22.6. The molecule has 3 rings (SSSR count). The Bertz CT molecular complexity index is 890. The lowest BCUT2D eigenvalue weighted by Crippen LogP contribution is -2.14. The molecule has 2 aromatic heterocycles. The standard InChI is InChI=1S/C16H13N3O4/c1-10-9-11(2)18(17-10)16(20)15-8-7-14(23-15)12-3-5-13(6-4-12)19(21)22/h3-9H,1-2H3. The first-order valence-corrected chi connectivity index (χ1v) is 6.88. The van der Waals surface area contributed by atoms with Crippen LogP contribution in [0.1, 0.15) is 21.9 Å². The number of benzene rings is 1. The van der Waals surface area contributed by atoms with Gasteiger partial charge in [-0.1, -0.05) is 0 Å². The lowest BCUT2D eigenvalue weighted by atomic mass is 10.1. The minimum absolute atomic E-state index is 0.000697. The number of carbonyl (C=O) groups is 1. The molecule has 0 bridgehead atoms. The Labute approximate surface area is 131 Å². The summed E-state index contributed by atoms with van der Waals surface area (Å²) >= 11 is 0. The SMILES string of the molecule is Cc1cc(C)n(C(=O)c2ccc(-c3ccc([N+](=O)[O-])cc3)o2)n1. The van der Waals surface area contributed by atoms with Gasteiger partial charge in [-0.3, -0.25) is 14.9 Å². The molecule has 116 valence electrons. The molecule has 1 aromatic carbocycles. The van der Waals surface area contributed by atoms with Crippen LogP contribution in [0.2, 0.25) is 0 Å². The van der Waals surface area contributed by atoms with Gasteiger partial charge in [0.2, 0.25) is 0 Å². The van der Waals surface area contributed by atoms with Gasteiger partial charge in [0.25, 0.3) is 5.69 Å². The molecule has 2 heterocycles. The van der Waals surface area contributed by atoms with Crippen LogP contribution < -0.4 is 0 Å². The van der Waals surface area contributed by atoms with Gasteiger partial charge in [-0.25, -0.2) is 0 Å². The molecule has 0 saturated carbocycles. The lowest BCUT2D eigenvalue weighted by Gasteiger charge is -2.00. The topological polar surface area (TPSA) is 91.2 Å². The van der Waals surface area contributed by atoms with E-state index in [-0.39, 0.29) is 17.4 Å². The molecule has 0 saturated heterocycles. The fourth-order valence-electron chi connectivity index (χ4n) is 2.29. The van der Waals surface area contributed by atoms with Gasteiger partial charge < -0.3 is 4.42 Å². The molecule has 3 aromatic rings. The predicted octanol–water partition coefficient (Wildman–Crippen LogP) is 3.36. The van der Waals surface area contributed by atoms with Gasteiger partial charge in [-0.15, -0.1) is 0 Å². The quantitative estimate of drug-likeness (QED) is 0.546. The van der Waals surface area contributed by atoms with Crippen molar-refractivity contribution in [2.24, 2.45) is 0 Å². The van der Waals surface area contributed by atoms with Crippen LogP contribution in [0.5, 0.6) is 0 Å². The summed E-state index contributed by atoms with van der Waals surface area (Å²) < 4.78 is 6.86. The monoisotopic (exact) mass is 311 g/mol. The van der Waals surface area contributed by atoms with Crippen molar-refractivity contribution in [3.8, 4) is 11.3 Å². The number of carbonyl (C=O) groups excluding carboxylic acids is 1. The molecule has 23 heavy (non-hydrogen) atoms. The summed E-state index contributed by atoms with van der Waals surface area (Å²) in [5, 5.41) is 14.8. The Morgan fingerprint density at radius 3 is 2.43 bits per heavy atom. The van der Waals surface area contributed by atoms with Crippen molar-refractivity contribution >= 4 is 11.6 Å². The number of hydrogen-bond donors (Lipinski definition) is 0. The Kier molecular flexibility index (Phi) is 3.53. The van der Waals surface area contributed by atoms with Crippen molar-refractivity contribution < 1.29 is 14.1 Å². The highest BCUT2D eigenvalue weighted by molar-refractivity contribution is 5.93. The summed E-state index contributed by atoms with van der Waals surface area (Å²) in [6.45, 7) is 3.60. The first-order chi connectivity index (χ1) is 11.0. The number of hydrogen-bond acceptors (Lipinski definition) is 5. The van der Waals surface area contributed by atoms with Crippen molar-refractivity contribution in [2.75, 3.05) is 0 Å². The third-order valence-corrected chi connectivity index (χ3v) is 3.38. The lowest BCUT2D eigenvalue weighted by molar-refractivity contribution is -0.384. The average molecular weight is 311 g/mol. The first-order valence-electron chi connectivity index (χ1n) is 6.88. The summed E-state index contributed by atoms with van der Waals surface area (Å²) in [5.41, 5.74) is 2.13. The third-order valence-electron chi connectivity index (χ3n) is 3.38. The van der Waals surface area contributed by atoms with Crippen LogP contribution in [0.4, 0.5) is 5.69 Å². The maximum Gasteiger partial charge on any atom is 0.314 e. The molecule has 7 nitrogen and oxygen atoms in total. The van der Waals surface area contributed by atoms with E-state index in [1.165, 1.54) is 16.8 Å². The highest BCUT2D eigenvalue weighted by atomic mass is 16.6. The number of non-ortho nitro benzene ring substituents is 1. The van der Waals surface area contributed by atoms with E-state index in [0.29, 0.717) is 11.3 Å². The van der Waals surface area contributed by atoms with E-state index < -0.39 is 4.92 Å². The number of aromatic nitrogens is 2. The van der Waals surface area contributed by atoms with E-state index in [4.69, 9.17) is 4.42 Å². The van der Waals surface area contributed by atoms with Gasteiger partial charge in [0, 0.05) is 23.4 Å². The summed E-state index contributed by atoms with van der Waals surface area (Å²) in [7, 11) is 0. The summed E-state index contributed by atoms with van der Waals surface area (Å²) in [5.74, 6) is 0.262. The molecule has 0 N–H and O–H groups in total. The van der Waals surface area contributed by atoms with Gasteiger partial charge in [-0.2, -0.15) is 9.78 Å². The van der Waals surface area contributed by atoms with Crippen molar-refractivity contribution in [3.63, 3.8) is 0 Å². The Hall–Kier alpha value is -3.22. The van der Waals surface area contributed by atoms with Gasteiger partial charge >= 0.3 is 5.91 Å². The molecule has 0 spiro atoms. The normalized spacial score (nSPS) is 10.7. The van der Waals surface area contributed by atoms with Gasteiger partial charge in [0.15, 0.2) is 5.76 Å². The van der Waals surface area contributed by atoms with Crippen molar-refractivity contribution in [2.45, 2.75) is 13.8 Å². The van der Waals surface area contributed by atoms with Gasteiger partial charge in [-0.05, 0) is 44.2 Å². The van der Waals surface area contributed by atoms with E-state index in [2.05, 4.69) is 5.10 Å². The maximum atomic E-state index is 12.4. The van der Waals surface area contributed by atoms with Crippen LogP contribution in [-0.2, 0) is 0 Å². The van der Waals surface area contributed by atoms with E-state index in [1.807, 2.05) is 0 Å². The predicted molar refractivity (Wildman–Crippen MR) is 82.2 cm³/mol. The number of nitro benzene ring substituents is 1. The van der Waals surface area contributed by atoms with E-state index in [1.54, 1.807) is 44.2 Å². The minimum Gasteiger partial charge on any atom is -0.451 e. The second-order valence-electron chi connectivity index (χ2n) is 5.11. The maximum absolute atomic E-state index is 12.4. The van der Waals surface area contributed by atoms with E-state index >= 15 is 0 Å². The number of nitrogens with zero attached hydrogens (tertiary/aromatic N) is 3. The van der Waals surface area contributed by atoms with Crippen molar-refractivity contribution in [1.82, 2.24) is 9.78 Å². The first kappa shape index (κ1) is 14.7. The molecule has 7 heteroatoms. The van der Waals surface area contributed by atoms with Crippen LogP contribution in [0.3, 0.4) is 0 Å². The summed E-state index contributed by atoms with van der Waals surface area (Å²) in [6, 6.07) is 11.0. The molecule has 0 radical (unpaired) electrons. The molecule has 0 amide bonds. The fourth-order valence-corrected chi connectivity index (χ4v) is 2.29. The van der Waals surface area contributed by atoms with E-state index in [0.717, 1.165) is 11.4 Å². The molecule has 0 atom stereocenters. The van der Waals surface area contributed by atoms with Crippen LogP contribution in [0, 0.1) is 24.0 Å². The Morgan fingerprint density at radius 1 is 1.17 bits per heavy atom. The van der Waals surface area contributed by atoms with Crippen LogP contribution in [-0.4, -0.2) is 20.6 Å². The van der Waals surface area contributed by atoms with Crippen molar-refractivity contribution in [1.29, 1.82) is 0 Å². The number of aryl methyl sites for hydroxylation is 2. The minimum atomic E-state index is -0.469. The molecular weight excluding hydrogens is 298 g/mol. The molecule has 0 aliphatic rings. The number of furan rings is 1. The van der Waals surface area contributed by atoms with Crippen LogP contribution in [0.15, 0.2) is 46.9 Å². The third kappa shape index (κ3) is 2.76. The zero-order chi connectivity index (χ0) is 16.6. The molecule has 0 unspecified atom stereocenters. The van der Waals surface area contributed by atoms with Gasteiger partial charge in [0.1, 0.15) is 5.76 Å². The van der Waals surface area contributed by atoms with E-state index in [9.17, 15) is 14.9 Å². The van der Waals surface area contributed by atoms with Crippen LogP contribution in [0.25, 0.3) is 11.3 Å². The zero-order valence-electron chi connectivity index (χ0n) is 12.5. The average Bonchev–Trinajstić information content (AvgIpc) is 3.13. The smallest absolute Gasteiger partial charge is 0.314 e. The fraction of sp³-hybridized carbons (Fsp3) is 0.125. The highest BCUT2D eigenvalue weighted by Crippen LogP contribution is 2.25. The second-order valence-corrected chi connectivity index (χ2v) is 5.11. The van der Waals surface area contributed by atoms with Crippen molar-refractivity contribution in [3.05, 3.63) is 69.7 Å². The molecule has 0 aliphatic carbocycles. The number of nitro groups is 1. The largest absolute Gasteiger partial charge is 0.451 e. The second kappa shape index (κ2) is 5.53. The molecule has 0 aliphatic heterocycles. The Morgan fingerprint density at radius 2 is 1.87 bits per heavy atom. The number of rotatable bonds is 3. The summed E-state index contributed by atoms with van der Waals surface area (Å²) in [6.07, 6.45) is 0. The Balaban J connectivity index is 1.89. The molecule has 0 fully saturated rings. The van der Waals surface area contributed by atoms with Gasteiger partial charge in [0.05, 0.1) is 10.6 Å². The van der Waals surface area contributed by atoms with Crippen LogP contribution >= 0.6 is 0 Å².